The minimum Gasteiger partial charge on any atom is -0.462 e. The van der Waals surface area contributed by atoms with Crippen molar-refractivity contribution in [3.05, 3.63) is 46.0 Å². The molecule has 0 spiro atoms. The number of benzene rings is 1. The number of hydrogen-bond donors (Lipinski definition) is 0. The summed E-state index contributed by atoms with van der Waals surface area (Å²) in [5.41, 5.74) is 1.58. The third-order valence-electron chi connectivity index (χ3n) is 2.69. The van der Waals surface area contributed by atoms with Crippen LogP contribution in [0.2, 0.25) is 0 Å². The Balaban J connectivity index is 2.68. The molecule has 0 N–H and O–H groups in total. The van der Waals surface area contributed by atoms with Crippen molar-refractivity contribution in [3.63, 3.8) is 0 Å². The zero-order valence-corrected chi connectivity index (χ0v) is 11.5. The molecule has 0 atom stereocenters. The quantitative estimate of drug-likeness (QED) is 0.475. The SMILES string of the molecule is CCOC(=O)C(C#N)=C1C(Cl)=C(Cl)c2ccccc21. The van der Waals surface area contributed by atoms with Gasteiger partial charge < -0.3 is 4.74 Å². The first-order valence-electron chi connectivity index (χ1n) is 5.58. The Bertz CT molecular complexity index is 654. The number of fused-ring (bicyclic) bond motifs is 1. The lowest BCUT2D eigenvalue weighted by Gasteiger charge is -2.06. The van der Waals surface area contributed by atoms with Gasteiger partial charge in [-0.05, 0) is 12.5 Å². The number of carbonyl (C=O) groups excluding carboxylic acids is 1. The number of rotatable bonds is 2. The average Bonchev–Trinajstić information content (AvgIpc) is 2.66. The molecule has 1 aliphatic carbocycles. The molecular formula is C14H9Cl2NO2. The van der Waals surface area contributed by atoms with Crippen molar-refractivity contribution < 1.29 is 9.53 Å². The molecule has 2 rings (SSSR count). The van der Waals surface area contributed by atoms with Crippen LogP contribution in [-0.4, -0.2) is 12.6 Å². The standard InChI is InChI=1S/C14H9Cl2NO2/c1-2-19-14(18)10(7-17)11-8-5-3-4-6-9(8)12(15)13(11)16/h3-6H,2H2,1H3. The molecule has 19 heavy (non-hydrogen) atoms. The number of nitrogens with zero attached hydrogens (tertiary/aromatic N) is 1. The van der Waals surface area contributed by atoms with E-state index in [-0.39, 0.29) is 17.2 Å². The van der Waals surface area contributed by atoms with Crippen LogP contribution >= 0.6 is 23.2 Å². The fourth-order valence-electron chi connectivity index (χ4n) is 1.89. The van der Waals surface area contributed by atoms with Gasteiger partial charge in [-0.15, -0.1) is 0 Å². The van der Waals surface area contributed by atoms with Crippen LogP contribution in [0.25, 0.3) is 10.6 Å². The molecule has 0 aromatic heterocycles. The topological polar surface area (TPSA) is 50.1 Å². The number of carbonyl (C=O) groups is 1. The summed E-state index contributed by atoms with van der Waals surface area (Å²) < 4.78 is 4.86. The smallest absolute Gasteiger partial charge is 0.349 e. The van der Waals surface area contributed by atoms with Gasteiger partial charge in [0.2, 0.25) is 0 Å². The van der Waals surface area contributed by atoms with Crippen LogP contribution in [0.1, 0.15) is 18.1 Å². The van der Waals surface area contributed by atoms with Crippen LogP contribution in [0.4, 0.5) is 0 Å². The first kappa shape index (κ1) is 13.7. The third kappa shape index (κ3) is 2.25. The lowest BCUT2D eigenvalue weighted by Crippen LogP contribution is -2.08. The molecule has 0 bridgehead atoms. The second kappa shape index (κ2) is 5.48. The molecule has 0 saturated carbocycles. The summed E-state index contributed by atoms with van der Waals surface area (Å²) in [6.07, 6.45) is 0. The molecule has 0 heterocycles. The molecule has 0 amide bonds. The lowest BCUT2D eigenvalue weighted by atomic mass is 10.0. The van der Waals surface area contributed by atoms with Crippen LogP contribution in [0.3, 0.4) is 0 Å². The van der Waals surface area contributed by atoms with Gasteiger partial charge in [0.15, 0.2) is 0 Å². The molecule has 0 saturated heterocycles. The van der Waals surface area contributed by atoms with Gasteiger partial charge in [-0.25, -0.2) is 4.79 Å². The van der Waals surface area contributed by atoms with Crippen LogP contribution in [0.5, 0.6) is 0 Å². The maximum atomic E-state index is 11.8. The normalized spacial score (nSPS) is 15.9. The fraction of sp³-hybridized carbons (Fsp3) is 0.143. The molecule has 1 aromatic rings. The Morgan fingerprint density at radius 1 is 1.26 bits per heavy atom. The molecule has 0 unspecified atom stereocenters. The number of hydrogen-bond acceptors (Lipinski definition) is 3. The lowest BCUT2D eigenvalue weighted by molar-refractivity contribution is -0.137. The highest BCUT2D eigenvalue weighted by atomic mass is 35.5. The van der Waals surface area contributed by atoms with E-state index in [2.05, 4.69) is 0 Å². The van der Waals surface area contributed by atoms with Gasteiger partial charge in [0.1, 0.15) is 11.6 Å². The molecule has 1 aliphatic rings. The highest BCUT2D eigenvalue weighted by Gasteiger charge is 2.29. The second-order valence-electron chi connectivity index (χ2n) is 3.76. The van der Waals surface area contributed by atoms with E-state index < -0.39 is 5.97 Å². The van der Waals surface area contributed by atoms with E-state index in [1.807, 2.05) is 12.1 Å². The zero-order valence-electron chi connectivity index (χ0n) is 10.0. The van der Waals surface area contributed by atoms with Crippen LogP contribution < -0.4 is 0 Å². The highest BCUT2D eigenvalue weighted by molar-refractivity contribution is 6.59. The van der Waals surface area contributed by atoms with Gasteiger partial charge in [0, 0.05) is 11.1 Å². The average molecular weight is 294 g/mol. The van der Waals surface area contributed by atoms with Crippen molar-refractivity contribution >= 4 is 39.8 Å². The Kier molecular flexibility index (Phi) is 3.94. The van der Waals surface area contributed by atoms with E-state index in [1.165, 1.54) is 0 Å². The van der Waals surface area contributed by atoms with Gasteiger partial charge >= 0.3 is 5.97 Å². The monoisotopic (exact) mass is 293 g/mol. The summed E-state index contributed by atoms with van der Waals surface area (Å²) in [6.45, 7) is 1.86. The Morgan fingerprint density at radius 3 is 2.47 bits per heavy atom. The zero-order chi connectivity index (χ0) is 14.0. The van der Waals surface area contributed by atoms with E-state index >= 15 is 0 Å². The van der Waals surface area contributed by atoms with Crippen molar-refractivity contribution in [2.45, 2.75) is 6.92 Å². The van der Waals surface area contributed by atoms with Crippen molar-refractivity contribution in [3.8, 4) is 6.07 Å². The summed E-state index contributed by atoms with van der Waals surface area (Å²) in [5, 5.41) is 9.72. The van der Waals surface area contributed by atoms with Crippen molar-refractivity contribution in [1.82, 2.24) is 0 Å². The van der Waals surface area contributed by atoms with Crippen LogP contribution in [-0.2, 0) is 9.53 Å². The summed E-state index contributed by atoms with van der Waals surface area (Å²) in [4.78, 5) is 11.8. The molecular weight excluding hydrogens is 285 g/mol. The number of halogens is 2. The molecule has 0 fully saturated rings. The molecule has 0 aliphatic heterocycles. The van der Waals surface area contributed by atoms with Crippen LogP contribution in [0, 0.1) is 11.3 Å². The van der Waals surface area contributed by atoms with Gasteiger partial charge in [0.25, 0.3) is 0 Å². The van der Waals surface area contributed by atoms with Gasteiger partial charge in [-0.2, -0.15) is 5.26 Å². The molecule has 5 heteroatoms. The Hall–Kier alpha value is -1.76. The summed E-state index contributed by atoms with van der Waals surface area (Å²) in [7, 11) is 0. The maximum absolute atomic E-state index is 11.8. The van der Waals surface area contributed by atoms with Gasteiger partial charge in [-0.1, -0.05) is 47.5 Å². The van der Waals surface area contributed by atoms with E-state index in [0.29, 0.717) is 21.7 Å². The molecule has 0 radical (unpaired) electrons. The third-order valence-corrected chi connectivity index (χ3v) is 3.55. The molecule has 1 aromatic carbocycles. The fourth-order valence-corrected chi connectivity index (χ4v) is 2.45. The first-order chi connectivity index (χ1) is 9.11. The Labute approximate surface area is 120 Å². The number of esters is 1. The predicted octanol–water partition coefficient (Wildman–Crippen LogP) is 3.69. The Morgan fingerprint density at radius 2 is 1.89 bits per heavy atom. The van der Waals surface area contributed by atoms with Crippen molar-refractivity contribution in [1.29, 1.82) is 5.26 Å². The second-order valence-corrected chi connectivity index (χ2v) is 4.51. The first-order valence-corrected chi connectivity index (χ1v) is 6.34. The minimum absolute atomic E-state index is 0.130. The number of ether oxygens (including phenoxy) is 1. The molecule has 96 valence electrons. The largest absolute Gasteiger partial charge is 0.462 e. The minimum atomic E-state index is -0.695. The summed E-state index contributed by atoms with van der Waals surface area (Å²) >= 11 is 12.3. The van der Waals surface area contributed by atoms with E-state index in [9.17, 15) is 10.1 Å². The maximum Gasteiger partial charge on any atom is 0.349 e. The van der Waals surface area contributed by atoms with Crippen LogP contribution in [0.15, 0.2) is 34.9 Å². The summed E-state index contributed by atoms with van der Waals surface area (Å²) in [6, 6.07) is 9.00. The highest BCUT2D eigenvalue weighted by Crippen LogP contribution is 2.46. The molecule has 3 nitrogen and oxygen atoms in total. The number of allylic oxidation sites excluding steroid dienone is 2. The van der Waals surface area contributed by atoms with E-state index in [4.69, 9.17) is 27.9 Å². The van der Waals surface area contributed by atoms with Crippen molar-refractivity contribution in [2.24, 2.45) is 0 Å². The van der Waals surface area contributed by atoms with Gasteiger partial charge in [0.05, 0.1) is 16.7 Å². The number of nitriles is 1. The predicted molar refractivity (Wildman–Crippen MR) is 74.2 cm³/mol. The summed E-state index contributed by atoms with van der Waals surface area (Å²) in [5.74, 6) is -0.695. The van der Waals surface area contributed by atoms with E-state index in [1.54, 1.807) is 25.1 Å². The van der Waals surface area contributed by atoms with Crippen molar-refractivity contribution in [2.75, 3.05) is 6.61 Å². The van der Waals surface area contributed by atoms with E-state index in [0.717, 1.165) is 0 Å². The van der Waals surface area contributed by atoms with Gasteiger partial charge in [-0.3, -0.25) is 0 Å².